The number of carbonyl (C=O) groups excluding carboxylic acids is 1. The molecule has 1 aromatic carbocycles. The molecule has 8 heteroatoms. The van der Waals surface area contributed by atoms with Crippen LogP contribution < -0.4 is 4.72 Å². The Labute approximate surface area is 116 Å². The summed E-state index contributed by atoms with van der Waals surface area (Å²) in [6.45, 7) is 0.321. The molecule has 1 N–H and O–H groups in total. The summed E-state index contributed by atoms with van der Waals surface area (Å²) in [6.07, 6.45) is -0.395. The predicted octanol–water partition coefficient (Wildman–Crippen LogP) is -0.0388. The van der Waals surface area contributed by atoms with Gasteiger partial charge < -0.3 is 9.64 Å². The van der Waals surface area contributed by atoms with Crippen LogP contribution >= 0.6 is 0 Å². The first-order chi connectivity index (χ1) is 9.38. The van der Waals surface area contributed by atoms with Gasteiger partial charge in [-0.15, -0.1) is 0 Å². The Morgan fingerprint density at radius 3 is 2.65 bits per heavy atom. The molecule has 1 fully saturated rings. The van der Waals surface area contributed by atoms with Crippen molar-refractivity contribution in [1.29, 1.82) is 0 Å². The maximum Gasteiger partial charge on any atom is 0.248 e. The number of benzene rings is 1. The fourth-order valence-corrected chi connectivity index (χ4v) is 2.85. The molecule has 1 aliphatic heterocycles. The number of ether oxygens (including phenoxy) is 1. The Kier molecular flexibility index (Phi) is 4.36. The largest absolute Gasteiger partial charge is 0.365 e. The minimum Gasteiger partial charge on any atom is -0.365 e. The number of rotatable bonds is 4. The number of carbonyl (C=O) groups is 1. The lowest BCUT2D eigenvalue weighted by Gasteiger charge is -2.29. The molecule has 2 rings (SSSR count). The van der Waals surface area contributed by atoms with E-state index in [9.17, 15) is 17.6 Å². The summed E-state index contributed by atoms with van der Waals surface area (Å²) < 4.78 is 44.3. The lowest BCUT2D eigenvalue weighted by molar-refractivity contribution is -0.146. The van der Waals surface area contributed by atoms with Gasteiger partial charge in [0.05, 0.1) is 11.0 Å². The van der Waals surface area contributed by atoms with E-state index in [4.69, 9.17) is 4.74 Å². The van der Waals surface area contributed by atoms with Crippen molar-refractivity contribution in [2.24, 2.45) is 0 Å². The average molecular weight is 302 g/mol. The van der Waals surface area contributed by atoms with Gasteiger partial charge in [-0.2, -0.15) is 0 Å². The lowest BCUT2D eigenvalue weighted by atomic mass is 10.3. The minimum atomic E-state index is -3.71. The molecule has 1 heterocycles. The molecule has 0 aliphatic carbocycles. The van der Waals surface area contributed by atoms with Crippen LogP contribution in [0.3, 0.4) is 0 Å². The first kappa shape index (κ1) is 14.9. The fourth-order valence-electron chi connectivity index (χ4n) is 1.78. The Bertz CT molecular complexity index is 588. The lowest BCUT2D eigenvalue weighted by Crippen LogP contribution is -2.48. The van der Waals surface area contributed by atoms with Crippen LogP contribution in [0.1, 0.15) is 0 Å². The number of hydrogen-bond donors (Lipinski definition) is 1. The molecule has 6 nitrogen and oxygen atoms in total. The van der Waals surface area contributed by atoms with E-state index in [0.29, 0.717) is 6.54 Å². The summed E-state index contributed by atoms with van der Waals surface area (Å²) in [7, 11) is -2.08. The van der Waals surface area contributed by atoms with Crippen molar-refractivity contribution in [2.45, 2.75) is 11.0 Å². The highest BCUT2D eigenvalue weighted by Crippen LogP contribution is 2.10. The molecule has 0 radical (unpaired) electrons. The summed E-state index contributed by atoms with van der Waals surface area (Å²) >= 11 is 0. The summed E-state index contributed by atoms with van der Waals surface area (Å²) in [5.41, 5.74) is 0. The van der Waals surface area contributed by atoms with Gasteiger partial charge in [-0.05, 0) is 24.3 Å². The van der Waals surface area contributed by atoms with Crippen LogP contribution in [0.4, 0.5) is 4.39 Å². The predicted molar refractivity (Wildman–Crippen MR) is 69.0 cm³/mol. The highest BCUT2D eigenvalue weighted by Gasteiger charge is 2.25. The van der Waals surface area contributed by atoms with E-state index in [1.54, 1.807) is 7.05 Å². The van der Waals surface area contributed by atoms with Gasteiger partial charge >= 0.3 is 0 Å². The van der Waals surface area contributed by atoms with Gasteiger partial charge in [-0.1, -0.05) is 0 Å². The normalized spacial score (nSPS) is 20.2. The number of morpholine rings is 1. The van der Waals surface area contributed by atoms with E-state index in [1.807, 2.05) is 0 Å². The number of halogens is 1. The third kappa shape index (κ3) is 3.53. The van der Waals surface area contributed by atoms with Gasteiger partial charge in [0.2, 0.25) is 15.9 Å². The van der Waals surface area contributed by atoms with Crippen molar-refractivity contribution in [3.05, 3.63) is 30.1 Å². The zero-order valence-corrected chi connectivity index (χ0v) is 11.7. The SMILES string of the molecule is CN1CC(CNS(=O)(=O)c2ccc(F)cc2)OCC1=O. The number of likely N-dealkylation sites (N-methyl/N-ethyl adjacent to an activating group) is 1. The van der Waals surface area contributed by atoms with Crippen LogP contribution in [0.2, 0.25) is 0 Å². The second-order valence-electron chi connectivity index (χ2n) is 4.51. The van der Waals surface area contributed by atoms with E-state index in [1.165, 1.54) is 17.0 Å². The molecule has 0 bridgehead atoms. The second kappa shape index (κ2) is 5.86. The molecule has 110 valence electrons. The summed E-state index contributed by atoms with van der Waals surface area (Å²) in [5, 5.41) is 0. The first-order valence-electron chi connectivity index (χ1n) is 5.99. The van der Waals surface area contributed by atoms with E-state index in [2.05, 4.69) is 4.72 Å². The topological polar surface area (TPSA) is 75.7 Å². The van der Waals surface area contributed by atoms with Gasteiger partial charge in [0.25, 0.3) is 0 Å². The third-order valence-corrected chi connectivity index (χ3v) is 4.41. The number of amides is 1. The van der Waals surface area contributed by atoms with E-state index in [-0.39, 0.29) is 24.0 Å². The molecular weight excluding hydrogens is 287 g/mol. The van der Waals surface area contributed by atoms with Crippen LogP contribution in [0.5, 0.6) is 0 Å². The van der Waals surface area contributed by atoms with Crippen molar-refractivity contribution in [1.82, 2.24) is 9.62 Å². The Balaban J connectivity index is 1.96. The van der Waals surface area contributed by atoms with Crippen molar-refractivity contribution >= 4 is 15.9 Å². The summed E-state index contributed by atoms with van der Waals surface area (Å²) in [5.74, 6) is -0.637. The van der Waals surface area contributed by atoms with Crippen LogP contribution in [0, 0.1) is 5.82 Å². The molecule has 1 aliphatic rings. The van der Waals surface area contributed by atoms with Crippen LogP contribution in [0.15, 0.2) is 29.2 Å². The molecule has 0 aromatic heterocycles. The smallest absolute Gasteiger partial charge is 0.248 e. The first-order valence-corrected chi connectivity index (χ1v) is 7.47. The highest BCUT2D eigenvalue weighted by atomic mass is 32.2. The number of nitrogens with zero attached hydrogens (tertiary/aromatic N) is 1. The molecule has 1 atom stereocenters. The Morgan fingerprint density at radius 2 is 2.05 bits per heavy atom. The van der Waals surface area contributed by atoms with Gasteiger partial charge in [-0.3, -0.25) is 4.79 Å². The molecule has 0 spiro atoms. The average Bonchev–Trinajstić information content (AvgIpc) is 2.41. The third-order valence-electron chi connectivity index (χ3n) is 2.97. The summed E-state index contributed by atoms with van der Waals surface area (Å²) in [6, 6.07) is 4.54. The molecule has 20 heavy (non-hydrogen) atoms. The molecule has 1 amide bonds. The zero-order valence-electron chi connectivity index (χ0n) is 10.9. The van der Waals surface area contributed by atoms with Crippen molar-refractivity contribution < 1.29 is 22.3 Å². The fraction of sp³-hybridized carbons (Fsp3) is 0.417. The molecule has 1 unspecified atom stereocenters. The van der Waals surface area contributed by atoms with E-state index < -0.39 is 21.9 Å². The maximum absolute atomic E-state index is 12.8. The Morgan fingerprint density at radius 1 is 1.40 bits per heavy atom. The quantitative estimate of drug-likeness (QED) is 0.847. The van der Waals surface area contributed by atoms with E-state index >= 15 is 0 Å². The highest BCUT2D eigenvalue weighted by molar-refractivity contribution is 7.89. The Hall–Kier alpha value is -1.51. The second-order valence-corrected chi connectivity index (χ2v) is 6.28. The number of hydrogen-bond acceptors (Lipinski definition) is 4. The van der Waals surface area contributed by atoms with E-state index in [0.717, 1.165) is 12.1 Å². The van der Waals surface area contributed by atoms with Crippen LogP contribution in [-0.2, 0) is 19.6 Å². The van der Waals surface area contributed by atoms with Crippen molar-refractivity contribution in [3.63, 3.8) is 0 Å². The van der Waals surface area contributed by atoms with Gasteiger partial charge in [0.1, 0.15) is 12.4 Å². The van der Waals surface area contributed by atoms with Crippen molar-refractivity contribution in [2.75, 3.05) is 26.7 Å². The molecule has 1 saturated heterocycles. The minimum absolute atomic E-state index is 0.0147. The number of sulfonamides is 1. The molecular formula is C12H15FN2O4S. The summed E-state index contributed by atoms with van der Waals surface area (Å²) in [4.78, 5) is 12.7. The molecule has 1 aromatic rings. The van der Waals surface area contributed by atoms with Crippen LogP contribution in [-0.4, -0.2) is 52.1 Å². The van der Waals surface area contributed by atoms with Crippen molar-refractivity contribution in [3.8, 4) is 0 Å². The van der Waals surface area contributed by atoms with Gasteiger partial charge in [-0.25, -0.2) is 17.5 Å². The molecule has 0 saturated carbocycles. The zero-order chi connectivity index (χ0) is 14.8. The number of nitrogens with one attached hydrogen (secondary N) is 1. The van der Waals surface area contributed by atoms with Gasteiger partial charge in [0.15, 0.2) is 0 Å². The monoisotopic (exact) mass is 302 g/mol. The van der Waals surface area contributed by atoms with Crippen LogP contribution in [0.25, 0.3) is 0 Å². The standard InChI is InChI=1S/C12H15FN2O4S/c1-15-7-10(19-8-12(15)16)6-14-20(17,18)11-4-2-9(13)3-5-11/h2-5,10,14H,6-8H2,1H3. The van der Waals surface area contributed by atoms with Gasteiger partial charge in [0, 0.05) is 20.1 Å². The maximum atomic E-state index is 12.8.